The van der Waals surface area contributed by atoms with Crippen molar-refractivity contribution in [3.05, 3.63) is 48.0 Å². The summed E-state index contributed by atoms with van der Waals surface area (Å²) in [4.78, 5) is 43.2. The number of amides is 3. The van der Waals surface area contributed by atoms with Crippen molar-refractivity contribution in [1.82, 2.24) is 4.90 Å². The fourth-order valence-corrected chi connectivity index (χ4v) is 5.08. The third kappa shape index (κ3) is 4.39. The van der Waals surface area contributed by atoms with Gasteiger partial charge in [-0.3, -0.25) is 14.4 Å². The van der Waals surface area contributed by atoms with Gasteiger partial charge in [0.25, 0.3) is 5.91 Å². The average molecular weight is 440 g/mol. The Kier molecular flexibility index (Phi) is 6.18. The highest BCUT2D eigenvalue weighted by Crippen LogP contribution is 2.40. The Morgan fingerprint density at radius 3 is 2.65 bits per heavy atom. The number of carbonyl (C=O) groups is 3. The monoisotopic (exact) mass is 439 g/mol. The number of aryl methyl sites for hydroxylation is 1. The van der Waals surface area contributed by atoms with Gasteiger partial charge in [0.2, 0.25) is 11.8 Å². The molecule has 2 aliphatic heterocycles. The number of anilines is 2. The van der Waals surface area contributed by atoms with Gasteiger partial charge in [0.15, 0.2) is 5.25 Å². The molecule has 0 radical (unpaired) electrons. The molecule has 4 rings (SSSR count). The van der Waals surface area contributed by atoms with E-state index in [1.807, 2.05) is 37.3 Å². The topological polar surface area (TPSA) is 79.0 Å². The molecule has 0 aromatic heterocycles. The summed E-state index contributed by atoms with van der Waals surface area (Å²) in [6.07, 6.45) is 1.91. The number of carbonyl (C=O) groups excluding carboxylic acids is 3. The van der Waals surface area contributed by atoms with Gasteiger partial charge in [0, 0.05) is 18.0 Å². The summed E-state index contributed by atoms with van der Waals surface area (Å²) in [5.41, 5.74) is 2.17. The molecule has 162 valence electrons. The molecule has 2 aromatic carbocycles. The Hall–Kier alpha value is -3.00. The van der Waals surface area contributed by atoms with Crippen molar-refractivity contribution in [2.75, 3.05) is 37.0 Å². The molecule has 2 aromatic rings. The van der Waals surface area contributed by atoms with E-state index in [9.17, 15) is 14.4 Å². The Morgan fingerprint density at radius 1 is 1.16 bits per heavy atom. The van der Waals surface area contributed by atoms with Crippen LogP contribution in [-0.4, -0.2) is 54.6 Å². The van der Waals surface area contributed by atoms with Crippen LogP contribution in [0.15, 0.2) is 47.4 Å². The average Bonchev–Trinajstić information content (AvgIpc) is 3.30. The number of benzene rings is 2. The first-order chi connectivity index (χ1) is 15.0. The zero-order valence-electron chi connectivity index (χ0n) is 17.6. The van der Waals surface area contributed by atoms with E-state index in [0.29, 0.717) is 30.2 Å². The van der Waals surface area contributed by atoms with E-state index in [2.05, 4.69) is 5.32 Å². The van der Waals surface area contributed by atoms with Crippen molar-refractivity contribution < 1.29 is 19.1 Å². The van der Waals surface area contributed by atoms with Gasteiger partial charge in [0.1, 0.15) is 12.3 Å². The van der Waals surface area contributed by atoms with Crippen LogP contribution in [0.1, 0.15) is 18.4 Å². The molecule has 7 nitrogen and oxygen atoms in total. The van der Waals surface area contributed by atoms with Gasteiger partial charge in [-0.05, 0) is 49.6 Å². The number of para-hydroxylation sites is 1. The molecule has 2 heterocycles. The Bertz CT molecular complexity index is 1020. The standard InChI is InChI=1S/C23H25N3O4S/c1-15-9-10-18(30-2)16(13-15)24-20(27)14-26-17-7-3-4-8-19(17)31-21(23(26)29)22(28)25-11-5-6-12-25/h3-4,7-10,13,21H,5-6,11-12,14H2,1-2H3,(H,24,27)/t21-/m1/s1. The van der Waals surface area contributed by atoms with Gasteiger partial charge in [-0.2, -0.15) is 0 Å². The quantitative estimate of drug-likeness (QED) is 0.725. The minimum atomic E-state index is -0.866. The van der Waals surface area contributed by atoms with Gasteiger partial charge in [-0.1, -0.05) is 18.2 Å². The van der Waals surface area contributed by atoms with E-state index < -0.39 is 5.25 Å². The molecular weight excluding hydrogens is 414 g/mol. The summed E-state index contributed by atoms with van der Waals surface area (Å²) < 4.78 is 5.33. The number of nitrogens with zero attached hydrogens (tertiary/aromatic N) is 2. The molecule has 0 spiro atoms. The van der Waals surface area contributed by atoms with Gasteiger partial charge < -0.3 is 19.9 Å². The maximum Gasteiger partial charge on any atom is 0.250 e. The highest BCUT2D eigenvalue weighted by atomic mass is 32.2. The Balaban J connectivity index is 1.57. The second-order valence-electron chi connectivity index (χ2n) is 7.67. The molecule has 0 bridgehead atoms. The largest absolute Gasteiger partial charge is 0.495 e. The van der Waals surface area contributed by atoms with E-state index >= 15 is 0 Å². The van der Waals surface area contributed by atoms with E-state index in [4.69, 9.17) is 4.74 Å². The predicted octanol–water partition coefficient (Wildman–Crippen LogP) is 3.07. The van der Waals surface area contributed by atoms with Crippen LogP contribution < -0.4 is 15.0 Å². The molecule has 3 amide bonds. The molecule has 1 N–H and O–H groups in total. The maximum absolute atomic E-state index is 13.3. The van der Waals surface area contributed by atoms with Crippen molar-refractivity contribution in [2.45, 2.75) is 29.9 Å². The number of nitrogens with one attached hydrogen (secondary N) is 1. The molecule has 31 heavy (non-hydrogen) atoms. The minimum absolute atomic E-state index is 0.173. The van der Waals surface area contributed by atoms with Crippen molar-refractivity contribution in [1.29, 1.82) is 0 Å². The number of likely N-dealkylation sites (tertiary alicyclic amines) is 1. The zero-order chi connectivity index (χ0) is 22.0. The highest BCUT2D eigenvalue weighted by Gasteiger charge is 2.41. The normalized spacial score (nSPS) is 18.0. The van der Waals surface area contributed by atoms with Crippen LogP contribution in [0.25, 0.3) is 0 Å². The zero-order valence-corrected chi connectivity index (χ0v) is 18.4. The van der Waals surface area contributed by atoms with Crippen molar-refractivity contribution in [3.8, 4) is 5.75 Å². The molecule has 1 atom stereocenters. The molecule has 0 saturated carbocycles. The smallest absolute Gasteiger partial charge is 0.250 e. The van der Waals surface area contributed by atoms with Crippen molar-refractivity contribution in [2.24, 2.45) is 0 Å². The SMILES string of the molecule is COc1ccc(C)cc1NC(=O)CN1C(=O)[C@@H](C(=O)N2CCCC2)Sc2ccccc21. The van der Waals surface area contributed by atoms with E-state index in [1.54, 1.807) is 17.0 Å². The second kappa shape index (κ2) is 9.01. The Morgan fingerprint density at radius 2 is 1.90 bits per heavy atom. The predicted molar refractivity (Wildman–Crippen MR) is 121 cm³/mol. The first kappa shape index (κ1) is 21.2. The van der Waals surface area contributed by atoms with Crippen molar-refractivity contribution in [3.63, 3.8) is 0 Å². The number of rotatable bonds is 5. The maximum atomic E-state index is 13.3. The summed E-state index contributed by atoms with van der Waals surface area (Å²) in [6, 6.07) is 12.9. The number of methoxy groups -OCH3 is 1. The molecular formula is C23H25N3O4S. The van der Waals surface area contributed by atoms with Gasteiger partial charge in [-0.25, -0.2) is 0 Å². The number of hydrogen-bond donors (Lipinski definition) is 1. The number of fused-ring (bicyclic) bond motifs is 1. The van der Waals surface area contributed by atoms with Crippen LogP contribution >= 0.6 is 11.8 Å². The molecule has 0 aliphatic carbocycles. The lowest BCUT2D eigenvalue weighted by atomic mass is 10.2. The Labute approximate surface area is 185 Å². The minimum Gasteiger partial charge on any atom is -0.495 e. The summed E-state index contributed by atoms with van der Waals surface area (Å²) in [7, 11) is 1.54. The third-order valence-electron chi connectivity index (χ3n) is 5.46. The van der Waals surface area contributed by atoms with Gasteiger partial charge >= 0.3 is 0 Å². The fraction of sp³-hybridized carbons (Fsp3) is 0.348. The second-order valence-corrected chi connectivity index (χ2v) is 8.82. The first-order valence-corrected chi connectivity index (χ1v) is 11.2. The summed E-state index contributed by atoms with van der Waals surface area (Å²) in [6.45, 7) is 3.10. The van der Waals surface area contributed by atoms with Gasteiger partial charge in [-0.15, -0.1) is 11.8 Å². The number of ether oxygens (including phenoxy) is 1. The molecule has 2 aliphatic rings. The summed E-state index contributed by atoms with van der Waals surface area (Å²) in [5, 5.41) is 1.97. The van der Waals surface area contributed by atoms with Crippen LogP contribution in [0, 0.1) is 6.92 Å². The summed E-state index contributed by atoms with van der Waals surface area (Å²) in [5.74, 6) is -0.340. The van der Waals surface area contributed by atoms with Crippen LogP contribution in [0.5, 0.6) is 5.75 Å². The van der Waals surface area contributed by atoms with Crippen LogP contribution in [0.2, 0.25) is 0 Å². The van der Waals surface area contributed by atoms with Crippen LogP contribution in [0.4, 0.5) is 11.4 Å². The van der Waals surface area contributed by atoms with E-state index in [1.165, 1.54) is 23.8 Å². The molecule has 8 heteroatoms. The van der Waals surface area contributed by atoms with Crippen LogP contribution in [0.3, 0.4) is 0 Å². The highest BCUT2D eigenvalue weighted by molar-refractivity contribution is 8.01. The molecule has 1 fully saturated rings. The lowest BCUT2D eigenvalue weighted by Crippen LogP contribution is -2.51. The number of hydrogen-bond acceptors (Lipinski definition) is 5. The molecule has 0 unspecified atom stereocenters. The summed E-state index contributed by atoms with van der Waals surface area (Å²) >= 11 is 1.27. The lowest BCUT2D eigenvalue weighted by molar-refractivity contribution is -0.134. The van der Waals surface area contributed by atoms with Crippen molar-refractivity contribution >= 4 is 40.9 Å². The fourth-order valence-electron chi connectivity index (χ4n) is 3.89. The third-order valence-corrected chi connectivity index (χ3v) is 6.70. The van der Waals surface area contributed by atoms with Gasteiger partial charge in [0.05, 0.1) is 18.5 Å². The molecule has 1 saturated heterocycles. The van der Waals surface area contributed by atoms with E-state index in [0.717, 1.165) is 23.3 Å². The van der Waals surface area contributed by atoms with E-state index in [-0.39, 0.29) is 24.3 Å². The first-order valence-electron chi connectivity index (χ1n) is 10.3. The van der Waals surface area contributed by atoms with Crippen LogP contribution in [-0.2, 0) is 14.4 Å². The lowest BCUT2D eigenvalue weighted by Gasteiger charge is -2.34. The number of thioether (sulfide) groups is 1.